The Labute approximate surface area is 218 Å². The Kier molecular flexibility index (Phi) is 7.48. The minimum absolute atomic E-state index is 0.0724. The lowest BCUT2D eigenvalue weighted by Gasteiger charge is -2.26. The van der Waals surface area contributed by atoms with Crippen LogP contribution in [0.5, 0.6) is 0 Å². The molecule has 6 nitrogen and oxygen atoms in total. The van der Waals surface area contributed by atoms with E-state index in [9.17, 15) is 14.7 Å². The molecule has 4 rings (SSSR count). The van der Waals surface area contributed by atoms with E-state index in [4.69, 9.17) is 4.74 Å². The third kappa shape index (κ3) is 5.01. The Balaban J connectivity index is 1.61. The van der Waals surface area contributed by atoms with E-state index >= 15 is 0 Å². The zero-order chi connectivity index (χ0) is 26.6. The van der Waals surface area contributed by atoms with Crippen LogP contribution in [0.2, 0.25) is 0 Å². The molecule has 0 saturated heterocycles. The van der Waals surface area contributed by atoms with Crippen LogP contribution in [0.1, 0.15) is 45.2 Å². The van der Waals surface area contributed by atoms with Crippen molar-refractivity contribution < 1.29 is 24.0 Å². The lowest BCUT2D eigenvalue weighted by Crippen LogP contribution is -2.28. The Bertz CT molecular complexity index is 1310. The molecule has 0 spiro atoms. The molecule has 2 aliphatic heterocycles. The summed E-state index contributed by atoms with van der Waals surface area (Å²) in [5.41, 5.74) is 6.43. The number of carbonyl (C=O) groups is 2. The average Bonchev–Trinajstić information content (AvgIpc) is 3.22. The van der Waals surface area contributed by atoms with Gasteiger partial charge < -0.3 is 14.7 Å². The van der Waals surface area contributed by atoms with Crippen molar-refractivity contribution in [2.75, 3.05) is 24.6 Å². The number of carboxylic acid groups (broad SMARTS) is 1. The molecule has 1 N–H and O–H groups in total. The van der Waals surface area contributed by atoms with Gasteiger partial charge >= 0.3 is 5.97 Å². The number of fused-ring (bicyclic) bond motifs is 2. The predicted molar refractivity (Wildman–Crippen MR) is 147 cm³/mol. The van der Waals surface area contributed by atoms with Crippen molar-refractivity contribution in [1.29, 1.82) is 0 Å². The van der Waals surface area contributed by atoms with Crippen molar-refractivity contribution >= 4 is 29.5 Å². The number of carbonyl (C=O) groups excluding carboxylic acids is 1. The molecule has 0 aromatic heterocycles. The number of hydrogen-bond acceptors (Lipinski definition) is 4. The zero-order valence-electron chi connectivity index (χ0n) is 22.0. The minimum atomic E-state index is -0.805. The van der Waals surface area contributed by atoms with Crippen molar-refractivity contribution in [2.24, 2.45) is 0 Å². The van der Waals surface area contributed by atoms with E-state index in [1.807, 2.05) is 36.4 Å². The topological polar surface area (TPSA) is 69.8 Å². The summed E-state index contributed by atoms with van der Waals surface area (Å²) in [4.78, 5) is 24.1. The van der Waals surface area contributed by atoms with Crippen molar-refractivity contribution in [3.05, 3.63) is 95.7 Å². The summed E-state index contributed by atoms with van der Waals surface area (Å²) >= 11 is 0. The molecule has 2 aliphatic rings. The second-order valence-corrected chi connectivity index (χ2v) is 10.4. The van der Waals surface area contributed by atoms with Crippen LogP contribution in [0.15, 0.2) is 84.6 Å². The molecule has 2 aromatic rings. The van der Waals surface area contributed by atoms with Gasteiger partial charge in [-0.2, -0.15) is 4.58 Å². The normalized spacial score (nSPS) is 18.6. The van der Waals surface area contributed by atoms with E-state index in [-0.39, 0.29) is 17.3 Å². The van der Waals surface area contributed by atoms with Gasteiger partial charge in [0.2, 0.25) is 5.69 Å². The van der Waals surface area contributed by atoms with Crippen molar-refractivity contribution in [3.63, 3.8) is 0 Å². The van der Waals surface area contributed by atoms with E-state index in [1.54, 1.807) is 0 Å². The highest BCUT2D eigenvalue weighted by molar-refractivity contribution is 6.03. The molecule has 2 aromatic carbocycles. The smallest absolute Gasteiger partial charge is 0.305 e. The fourth-order valence-corrected chi connectivity index (χ4v) is 5.52. The van der Waals surface area contributed by atoms with Gasteiger partial charge in [0.25, 0.3) is 6.47 Å². The first-order valence-corrected chi connectivity index (χ1v) is 12.6. The van der Waals surface area contributed by atoms with E-state index in [1.165, 1.54) is 11.1 Å². The predicted octanol–water partition coefficient (Wildman–Crippen LogP) is 5.50. The largest absolute Gasteiger partial charge is 0.481 e. The highest BCUT2D eigenvalue weighted by Crippen LogP contribution is 2.47. The Morgan fingerprint density at radius 3 is 2.41 bits per heavy atom. The third-order valence-corrected chi connectivity index (χ3v) is 7.38. The van der Waals surface area contributed by atoms with Crippen LogP contribution in [0.4, 0.5) is 11.4 Å². The van der Waals surface area contributed by atoms with Crippen molar-refractivity contribution in [3.8, 4) is 0 Å². The molecular weight excluding hydrogens is 464 g/mol. The molecule has 0 unspecified atom stereocenters. The van der Waals surface area contributed by atoms with Gasteiger partial charge in [-0.05, 0) is 31.6 Å². The number of para-hydroxylation sites is 2. The van der Waals surface area contributed by atoms with Crippen LogP contribution in [0.25, 0.3) is 0 Å². The Hall–Kier alpha value is -3.93. The van der Waals surface area contributed by atoms with Gasteiger partial charge in [0, 0.05) is 41.1 Å². The van der Waals surface area contributed by atoms with Crippen LogP contribution in [0, 0.1) is 0 Å². The summed E-state index contributed by atoms with van der Waals surface area (Å²) in [7, 11) is 0. The minimum Gasteiger partial charge on any atom is -0.481 e. The third-order valence-electron chi connectivity index (χ3n) is 7.38. The molecule has 0 amide bonds. The lowest BCUT2D eigenvalue weighted by molar-refractivity contribution is -0.440. The van der Waals surface area contributed by atoms with Crippen molar-refractivity contribution in [2.45, 2.75) is 44.9 Å². The molecule has 0 fully saturated rings. The average molecular weight is 500 g/mol. The molecule has 0 saturated carbocycles. The number of hydrogen-bond donors (Lipinski definition) is 1. The molecule has 2 heterocycles. The fraction of sp³-hybridized carbons (Fsp3) is 0.323. The molecule has 0 aliphatic carbocycles. The second kappa shape index (κ2) is 10.6. The van der Waals surface area contributed by atoms with Gasteiger partial charge in [-0.3, -0.25) is 9.59 Å². The quantitative estimate of drug-likeness (QED) is 0.202. The Morgan fingerprint density at radius 2 is 1.68 bits per heavy atom. The molecular formula is C31H35N2O4+. The standard InChI is InChI=1S/C31H34N2O4/c1-30(2)23-12-8-10-14-25(23)32(19-18-29(35)36)27(30)16-6-5-7-17-28-31(3,4)24-13-9-11-15-26(24)33(28)20-21-37-22-34/h5-17,22H,18-21H2,1-4H3/p+1. The molecule has 0 radical (unpaired) electrons. The summed E-state index contributed by atoms with van der Waals surface area (Å²) < 4.78 is 7.21. The van der Waals surface area contributed by atoms with Gasteiger partial charge in [-0.1, -0.05) is 68.5 Å². The van der Waals surface area contributed by atoms with Gasteiger partial charge in [0.1, 0.15) is 6.61 Å². The summed E-state index contributed by atoms with van der Waals surface area (Å²) in [5, 5.41) is 9.28. The first-order valence-electron chi connectivity index (χ1n) is 12.6. The summed E-state index contributed by atoms with van der Waals surface area (Å²) in [5.74, 6) is -0.805. The van der Waals surface area contributed by atoms with Crippen molar-refractivity contribution in [1.82, 2.24) is 0 Å². The maximum Gasteiger partial charge on any atom is 0.305 e. The monoisotopic (exact) mass is 499 g/mol. The van der Waals surface area contributed by atoms with Gasteiger partial charge in [0.15, 0.2) is 12.3 Å². The van der Waals surface area contributed by atoms with Crippen LogP contribution >= 0.6 is 0 Å². The molecule has 6 heteroatoms. The number of ether oxygens (including phenoxy) is 1. The molecule has 37 heavy (non-hydrogen) atoms. The Morgan fingerprint density at radius 1 is 0.973 bits per heavy atom. The second-order valence-electron chi connectivity index (χ2n) is 10.4. The number of nitrogens with zero attached hydrogens (tertiary/aromatic N) is 2. The number of carboxylic acids is 1. The number of rotatable bonds is 10. The number of allylic oxidation sites excluding steroid dienone is 6. The summed E-state index contributed by atoms with van der Waals surface area (Å²) in [6.07, 6.45) is 10.3. The van der Waals surface area contributed by atoms with E-state index in [0.29, 0.717) is 26.2 Å². The first kappa shape index (κ1) is 26.1. The summed E-state index contributed by atoms with van der Waals surface area (Å²) in [6, 6.07) is 16.5. The van der Waals surface area contributed by atoms with Gasteiger partial charge in [-0.25, -0.2) is 0 Å². The van der Waals surface area contributed by atoms with Crippen LogP contribution in [-0.4, -0.2) is 47.5 Å². The van der Waals surface area contributed by atoms with E-state index < -0.39 is 5.97 Å². The van der Waals surface area contributed by atoms with Gasteiger partial charge in [0.05, 0.1) is 11.8 Å². The number of aliphatic carboxylic acids is 1. The summed E-state index contributed by atoms with van der Waals surface area (Å²) in [6.45, 7) is 10.6. The highest BCUT2D eigenvalue weighted by atomic mass is 16.5. The molecule has 192 valence electrons. The first-order chi connectivity index (χ1) is 17.7. The highest BCUT2D eigenvalue weighted by Gasteiger charge is 2.44. The SMILES string of the molecule is CC1(C)C(/C=C/C=C/C=C2/N(CCC(=O)O)c3ccccc3C2(C)C)=[N+](CCOC=O)c2ccccc21. The van der Waals surface area contributed by atoms with E-state index in [0.717, 1.165) is 22.8 Å². The molecule has 0 bridgehead atoms. The van der Waals surface area contributed by atoms with Crippen LogP contribution in [-0.2, 0) is 25.2 Å². The van der Waals surface area contributed by atoms with Gasteiger partial charge in [-0.15, -0.1) is 0 Å². The number of anilines is 1. The lowest BCUT2D eigenvalue weighted by atomic mass is 9.81. The maximum atomic E-state index is 11.3. The fourth-order valence-electron chi connectivity index (χ4n) is 5.52. The molecule has 0 atom stereocenters. The van der Waals surface area contributed by atoms with Crippen LogP contribution in [0.3, 0.4) is 0 Å². The zero-order valence-corrected chi connectivity index (χ0v) is 22.0. The van der Waals surface area contributed by atoms with E-state index in [2.05, 4.69) is 79.7 Å². The van der Waals surface area contributed by atoms with Crippen LogP contribution < -0.4 is 4.90 Å². The maximum absolute atomic E-state index is 11.3. The number of benzene rings is 2.